The van der Waals surface area contributed by atoms with E-state index in [2.05, 4.69) is 5.32 Å². The van der Waals surface area contributed by atoms with Crippen LogP contribution in [0.15, 0.2) is 24.3 Å². The quantitative estimate of drug-likeness (QED) is 0.754. The standard InChI is InChI=1S/C19H24F3N3O2S/c1-2-3-9-23-17(27)24-10-7-18(8-11-24)25(16(26)13-28-18)15-6-4-5-14(12-15)19(20,21)22/h4-6,12H,2-3,7-11,13H2,1H3,(H,23,27). The number of benzene rings is 1. The average Bonchev–Trinajstić information content (AvgIpc) is 2.97. The number of anilines is 1. The van der Waals surface area contributed by atoms with E-state index < -0.39 is 16.6 Å². The van der Waals surface area contributed by atoms with Crippen LogP contribution in [-0.4, -0.2) is 47.1 Å². The molecule has 1 aromatic rings. The molecule has 5 nitrogen and oxygen atoms in total. The number of amides is 3. The molecule has 2 aliphatic heterocycles. The number of halogens is 3. The van der Waals surface area contributed by atoms with Crippen molar-refractivity contribution in [2.24, 2.45) is 0 Å². The number of nitrogens with zero attached hydrogens (tertiary/aromatic N) is 2. The summed E-state index contributed by atoms with van der Waals surface area (Å²) in [5, 5.41) is 2.88. The number of urea groups is 1. The maximum Gasteiger partial charge on any atom is 0.416 e. The Morgan fingerprint density at radius 1 is 1.29 bits per heavy atom. The number of likely N-dealkylation sites (tertiary alicyclic amines) is 1. The zero-order valence-corrected chi connectivity index (χ0v) is 16.5. The van der Waals surface area contributed by atoms with Gasteiger partial charge in [0.1, 0.15) is 0 Å². The second-order valence-corrected chi connectivity index (χ2v) is 8.42. The zero-order chi connectivity index (χ0) is 20.4. The number of hydrogen-bond donors (Lipinski definition) is 1. The monoisotopic (exact) mass is 415 g/mol. The molecule has 0 aliphatic carbocycles. The number of thioether (sulfide) groups is 1. The number of unbranched alkanes of at least 4 members (excludes halogenated alkanes) is 1. The van der Waals surface area contributed by atoms with E-state index in [0.29, 0.717) is 32.5 Å². The van der Waals surface area contributed by atoms with Gasteiger partial charge in [-0.15, -0.1) is 11.8 Å². The molecule has 2 saturated heterocycles. The second-order valence-electron chi connectivity index (χ2n) is 7.08. The van der Waals surface area contributed by atoms with Crippen LogP contribution >= 0.6 is 11.8 Å². The zero-order valence-electron chi connectivity index (χ0n) is 15.7. The average molecular weight is 415 g/mol. The van der Waals surface area contributed by atoms with Crippen molar-refractivity contribution in [2.75, 3.05) is 30.3 Å². The van der Waals surface area contributed by atoms with E-state index in [4.69, 9.17) is 0 Å². The number of alkyl halides is 3. The van der Waals surface area contributed by atoms with Crippen molar-refractivity contribution in [1.29, 1.82) is 0 Å². The molecule has 28 heavy (non-hydrogen) atoms. The van der Waals surface area contributed by atoms with Gasteiger partial charge in [0.15, 0.2) is 0 Å². The van der Waals surface area contributed by atoms with Gasteiger partial charge >= 0.3 is 12.2 Å². The van der Waals surface area contributed by atoms with Gasteiger partial charge in [-0.2, -0.15) is 13.2 Å². The first kappa shape index (κ1) is 20.8. The van der Waals surface area contributed by atoms with Crippen molar-refractivity contribution in [1.82, 2.24) is 10.2 Å². The normalized spacial score (nSPS) is 19.4. The van der Waals surface area contributed by atoms with Crippen molar-refractivity contribution in [3.63, 3.8) is 0 Å². The molecule has 0 saturated carbocycles. The second kappa shape index (κ2) is 8.23. The lowest BCUT2D eigenvalue weighted by Gasteiger charge is -2.44. The van der Waals surface area contributed by atoms with Crippen LogP contribution in [0.3, 0.4) is 0 Å². The van der Waals surface area contributed by atoms with Gasteiger partial charge in [-0.25, -0.2) is 4.79 Å². The number of carbonyl (C=O) groups excluding carboxylic acids is 2. The summed E-state index contributed by atoms with van der Waals surface area (Å²) < 4.78 is 39.3. The van der Waals surface area contributed by atoms with E-state index in [1.54, 1.807) is 11.0 Å². The first-order valence-electron chi connectivity index (χ1n) is 9.44. The molecule has 2 fully saturated rings. The Bertz CT molecular complexity index is 733. The molecule has 0 unspecified atom stereocenters. The topological polar surface area (TPSA) is 52.7 Å². The summed E-state index contributed by atoms with van der Waals surface area (Å²) in [4.78, 5) is 27.4. The van der Waals surface area contributed by atoms with Gasteiger partial charge in [0, 0.05) is 25.3 Å². The fourth-order valence-corrected chi connectivity index (χ4v) is 4.99. The van der Waals surface area contributed by atoms with Crippen molar-refractivity contribution < 1.29 is 22.8 Å². The van der Waals surface area contributed by atoms with Gasteiger partial charge in [0.2, 0.25) is 5.91 Å². The Balaban J connectivity index is 1.74. The smallest absolute Gasteiger partial charge is 0.338 e. The summed E-state index contributed by atoms with van der Waals surface area (Å²) >= 11 is 1.46. The minimum absolute atomic E-state index is 0.122. The minimum Gasteiger partial charge on any atom is -0.338 e. The highest BCUT2D eigenvalue weighted by Gasteiger charge is 2.49. The lowest BCUT2D eigenvalue weighted by molar-refractivity contribution is -0.137. The molecule has 1 aromatic carbocycles. The van der Waals surface area contributed by atoms with Gasteiger partial charge < -0.3 is 10.2 Å². The molecule has 1 N–H and O–H groups in total. The lowest BCUT2D eigenvalue weighted by Crippen LogP contribution is -2.54. The molecule has 0 aromatic heterocycles. The number of carbonyl (C=O) groups is 2. The fraction of sp³-hybridized carbons (Fsp3) is 0.579. The number of rotatable bonds is 4. The minimum atomic E-state index is -4.46. The SMILES string of the molecule is CCCCNC(=O)N1CCC2(CC1)SCC(=O)N2c1cccc(C(F)(F)F)c1. The highest BCUT2D eigenvalue weighted by atomic mass is 32.2. The van der Waals surface area contributed by atoms with Crippen LogP contribution in [0.5, 0.6) is 0 Å². The predicted octanol–water partition coefficient (Wildman–Crippen LogP) is 4.09. The Hall–Kier alpha value is -1.90. The van der Waals surface area contributed by atoms with E-state index in [1.807, 2.05) is 6.92 Å². The van der Waals surface area contributed by atoms with Crippen LogP contribution in [0.4, 0.5) is 23.7 Å². The largest absolute Gasteiger partial charge is 0.416 e. The molecule has 2 heterocycles. The Labute approximate surface area is 166 Å². The summed E-state index contributed by atoms with van der Waals surface area (Å²) in [5.74, 6) is 0.0454. The molecule has 3 rings (SSSR count). The maximum atomic E-state index is 13.1. The Morgan fingerprint density at radius 3 is 2.64 bits per heavy atom. The van der Waals surface area contributed by atoms with Crippen LogP contribution in [0.2, 0.25) is 0 Å². The van der Waals surface area contributed by atoms with Crippen LogP contribution < -0.4 is 10.2 Å². The third-order valence-corrected chi connectivity index (χ3v) is 6.71. The van der Waals surface area contributed by atoms with E-state index in [-0.39, 0.29) is 23.4 Å². The summed E-state index contributed by atoms with van der Waals surface area (Å²) in [6.45, 7) is 3.61. The van der Waals surface area contributed by atoms with Gasteiger partial charge in [-0.1, -0.05) is 19.4 Å². The lowest BCUT2D eigenvalue weighted by atomic mass is 10.0. The first-order chi connectivity index (χ1) is 13.3. The summed E-state index contributed by atoms with van der Waals surface area (Å²) in [7, 11) is 0. The van der Waals surface area contributed by atoms with Gasteiger partial charge in [0.05, 0.1) is 16.2 Å². The third-order valence-electron chi connectivity index (χ3n) is 5.19. The van der Waals surface area contributed by atoms with Crippen LogP contribution in [0.1, 0.15) is 38.2 Å². The number of piperidine rings is 1. The van der Waals surface area contributed by atoms with Crippen molar-refractivity contribution >= 4 is 29.4 Å². The van der Waals surface area contributed by atoms with Crippen LogP contribution in [0.25, 0.3) is 0 Å². The third kappa shape index (κ3) is 4.24. The van der Waals surface area contributed by atoms with Crippen molar-refractivity contribution in [3.05, 3.63) is 29.8 Å². The maximum absolute atomic E-state index is 13.1. The molecule has 3 amide bonds. The molecule has 0 atom stereocenters. The van der Waals surface area contributed by atoms with E-state index >= 15 is 0 Å². The van der Waals surface area contributed by atoms with E-state index in [0.717, 1.165) is 25.0 Å². The van der Waals surface area contributed by atoms with Gasteiger partial charge in [-0.05, 0) is 37.5 Å². The molecule has 1 spiro atoms. The fourth-order valence-electron chi connectivity index (χ4n) is 3.66. The van der Waals surface area contributed by atoms with Crippen molar-refractivity contribution in [2.45, 2.75) is 43.7 Å². The predicted molar refractivity (Wildman–Crippen MR) is 103 cm³/mol. The van der Waals surface area contributed by atoms with Crippen LogP contribution in [0, 0.1) is 0 Å². The molecule has 0 radical (unpaired) electrons. The summed E-state index contributed by atoms with van der Waals surface area (Å²) in [6.07, 6.45) is -1.49. The molecular formula is C19H24F3N3O2S. The summed E-state index contributed by atoms with van der Waals surface area (Å²) in [6, 6.07) is 4.80. The first-order valence-corrected chi connectivity index (χ1v) is 10.4. The van der Waals surface area contributed by atoms with Gasteiger partial charge in [0.25, 0.3) is 0 Å². The van der Waals surface area contributed by atoms with E-state index in [1.165, 1.54) is 22.7 Å². The molecule has 9 heteroatoms. The highest BCUT2D eigenvalue weighted by molar-refractivity contribution is 8.02. The van der Waals surface area contributed by atoms with Crippen LogP contribution in [-0.2, 0) is 11.0 Å². The number of hydrogen-bond acceptors (Lipinski definition) is 3. The van der Waals surface area contributed by atoms with Gasteiger partial charge in [-0.3, -0.25) is 9.69 Å². The Kier molecular flexibility index (Phi) is 6.12. The molecular weight excluding hydrogens is 391 g/mol. The molecule has 2 aliphatic rings. The summed E-state index contributed by atoms with van der Waals surface area (Å²) in [5.41, 5.74) is -0.497. The Morgan fingerprint density at radius 2 is 2.00 bits per heavy atom. The number of nitrogens with one attached hydrogen (secondary N) is 1. The van der Waals surface area contributed by atoms with E-state index in [9.17, 15) is 22.8 Å². The molecule has 154 valence electrons. The van der Waals surface area contributed by atoms with Crippen molar-refractivity contribution in [3.8, 4) is 0 Å². The highest BCUT2D eigenvalue weighted by Crippen LogP contribution is 2.47. The molecule has 0 bridgehead atoms.